The molecule has 3 heterocycles. The van der Waals surface area contributed by atoms with Gasteiger partial charge in [-0.2, -0.15) is 4.31 Å². The Hall–Kier alpha value is -2.69. The Kier molecular flexibility index (Phi) is 6.35. The number of aromatic nitrogens is 1. The summed E-state index contributed by atoms with van der Waals surface area (Å²) in [6.45, 7) is 1.65. The van der Waals surface area contributed by atoms with Crippen molar-refractivity contribution in [2.45, 2.75) is 24.0 Å². The molecule has 0 spiro atoms. The van der Waals surface area contributed by atoms with E-state index >= 15 is 0 Å². The van der Waals surface area contributed by atoms with Crippen LogP contribution in [0.3, 0.4) is 0 Å². The number of sulfonamides is 1. The molecule has 1 fully saturated rings. The number of halogens is 1. The zero-order valence-corrected chi connectivity index (χ0v) is 21.6. The first kappa shape index (κ1) is 23.7. The van der Waals surface area contributed by atoms with Crippen LogP contribution < -0.4 is 9.47 Å². The maximum Gasteiger partial charge on any atom is 0.244 e. The summed E-state index contributed by atoms with van der Waals surface area (Å²) in [5.41, 5.74) is 2.48. The average molecular weight is 543 g/mol. The highest BCUT2D eigenvalue weighted by Gasteiger charge is 2.32. The van der Waals surface area contributed by atoms with Crippen LogP contribution in [0.1, 0.15) is 12.0 Å². The number of rotatable bonds is 5. The number of hydrogen-bond acceptors (Lipinski definition) is 7. The highest BCUT2D eigenvalue weighted by atomic mass is 35.5. The summed E-state index contributed by atoms with van der Waals surface area (Å²) in [5, 5.41) is 1.02. The van der Waals surface area contributed by atoms with Gasteiger partial charge in [0.2, 0.25) is 10.0 Å². The van der Waals surface area contributed by atoms with Gasteiger partial charge in [0.25, 0.3) is 0 Å². The van der Waals surface area contributed by atoms with Crippen LogP contribution in [-0.4, -0.2) is 50.2 Å². The Morgan fingerprint density at radius 1 is 1.08 bits per heavy atom. The summed E-state index contributed by atoms with van der Waals surface area (Å²) in [5.74, 6) is 1.14. The fourth-order valence-electron chi connectivity index (χ4n) is 4.45. The second kappa shape index (κ2) is 9.64. The van der Waals surface area contributed by atoms with Crippen LogP contribution in [0.4, 0.5) is 0 Å². The summed E-state index contributed by atoms with van der Waals surface area (Å²) >= 11 is 7.84. The first-order valence-electron chi connectivity index (χ1n) is 11.6. The molecule has 2 aliphatic heterocycles. The molecule has 0 aliphatic carbocycles. The van der Waals surface area contributed by atoms with Gasteiger partial charge in [-0.25, -0.2) is 13.4 Å². The SMILES string of the molecule is O=S(=O)(c1ccccc1Cl)N1CCOc2c(cc(-c3nc4ccccc4s3)cc2OC2CCOC2)C1. The van der Waals surface area contributed by atoms with Crippen LogP contribution >= 0.6 is 22.9 Å². The quantitative estimate of drug-likeness (QED) is 0.337. The molecule has 3 aromatic carbocycles. The van der Waals surface area contributed by atoms with Crippen molar-refractivity contribution in [1.82, 2.24) is 9.29 Å². The normalized spacial score (nSPS) is 18.5. The average Bonchev–Trinajstić information content (AvgIpc) is 3.49. The van der Waals surface area contributed by atoms with Crippen molar-refractivity contribution in [3.8, 4) is 22.1 Å². The predicted molar refractivity (Wildman–Crippen MR) is 139 cm³/mol. The van der Waals surface area contributed by atoms with Crippen molar-refractivity contribution >= 4 is 43.2 Å². The molecular formula is C26H23ClN2O5S2. The molecule has 1 atom stereocenters. The molecule has 10 heteroatoms. The first-order chi connectivity index (χ1) is 17.5. The summed E-state index contributed by atoms with van der Waals surface area (Å²) < 4.78 is 47.5. The number of fused-ring (bicyclic) bond motifs is 2. The lowest BCUT2D eigenvalue weighted by Crippen LogP contribution is -2.32. The van der Waals surface area contributed by atoms with Crippen molar-refractivity contribution < 1.29 is 22.6 Å². The molecule has 186 valence electrons. The molecule has 1 aromatic heterocycles. The minimum atomic E-state index is -3.84. The highest BCUT2D eigenvalue weighted by molar-refractivity contribution is 7.89. The van der Waals surface area contributed by atoms with Crippen molar-refractivity contribution in [2.24, 2.45) is 0 Å². The molecule has 1 unspecified atom stereocenters. The van der Waals surface area contributed by atoms with E-state index in [0.717, 1.165) is 27.2 Å². The molecule has 7 nitrogen and oxygen atoms in total. The smallest absolute Gasteiger partial charge is 0.244 e. The van der Waals surface area contributed by atoms with Gasteiger partial charge in [-0.3, -0.25) is 0 Å². The summed E-state index contributed by atoms with van der Waals surface area (Å²) in [6.07, 6.45) is 0.696. The van der Waals surface area contributed by atoms with E-state index in [2.05, 4.69) is 0 Å². The standard InChI is InChI=1S/C26H23ClN2O5S2/c27-20-5-1-4-8-24(20)36(30,31)29-10-12-33-25-18(15-29)13-17(14-22(25)34-19-9-11-32-16-19)26-28-21-6-2-3-7-23(21)35-26/h1-8,13-14,19H,9-12,15-16H2. The van der Waals surface area contributed by atoms with Crippen molar-refractivity contribution in [3.05, 3.63) is 71.2 Å². The lowest BCUT2D eigenvalue weighted by Gasteiger charge is -2.21. The minimum Gasteiger partial charge on any atom is -0.488 e. The van der Waals surface area contributed by atoms with E-state index in [1.807, 2.05) is 36.4 Å². The van der Waals surface area contributed by atoms with Crippen LogP contribution in [0.25, 0.3) is 20.8 Å². The number of thiazole rings is 1. The van der Waals surface area contributed by atoms with E-state index < -0.39 is 10.0 Å². The molecule has 6 rings (SSSR count). The summed E-state index contributed by atoms with van der Waals surface area (Å²) in [6, 6.07) is 18.3. The monoisotopic (exact) mass is 542 g/mol. The molecule has 4 aromatic rings. The maximum absolute atomic E-state index is 13.5. The number of ether oxygens (including phenoxy) is 3. The molecule has 0 bridgehead atoms. The molecule has 0 amide bonds. The van der Waals surface area contributed by atoms with Crippen LogP contribution in [0, 0.1) is 0 Å². The Bertz CT molecular complexity index is 1500. The lowest BCUT2D eigenvalue weighted by molar-refractivity contribution is 0.137. The van der Waals surface area contributed by atoms with Gasteiger partial charge in [-0.1, -0.05) is 35.9 Å². The molecule has 36 heavy (non-hydrogen) atoms. The third-order valence-electron chi connectivity index (χ3n) is 6.24. The number of para-hydroxylation sites is 1. The number of benzene rings is 3. The van der Waals surface area contributed by atoms with Crippen LogP contribution in [0.5, 0.6) is 11.5 Å². The van der Waals surface area contributed by atoms with E-state index in [9.17, 15) is 8.42 Å². The lowest BCUT2D eigenvalue weighted by atomic mass is 10.1. The van der Waals surface area contributed by atoms with Crippen LogP contribution in [0.15, 0.2) is 65.6 Å². The molecule has 1 saturated heterocycles. The van der Waals surface area contributed by atoms with Gasteiger partial charge in [0.15, 0.2) is 11.5 Å². The Morgan fingerprint density at radius 3 is 2.72 bits per heavy atom. The number of hydrogen-bond donors (Lipinski definition) is 0. The van der Waals surface area contributed by atoms with Gasteiger partial charge in [0.05, 0.1) is 28.5 Å². The summed E-state index contributed by atoms with van der Waals surface area (Å²) in [4.78, 5) is 4.88. The zero-order chi connectivity index (χ0) is 24.7. The van der Waals surface area contributed by atoms with Crippen molar-refractivity contribution in [1.29, 1.82) is 0 Å². The van der Waals surface area contributed by atoms with Crippen molar-refractivity contribution in [2.75, 3.05) is 26.4 Å². The third-order valence-corrected chi connectivity index (χ3v) is 9.67. The van der Waals surface area contributed by atoms with Crippen LogP contribution in [-0.2, 0) is 21.3 Å². The first-order valence-corrected chi connectivity index (χ1v) is 14.3. The maximum atomic E-state index is 13.5. The van der Waals surface area contributed by atoms with E-state index in [4.69, 9.17) is 30.8 Å². The van der Waals surface area contributed by atoms with E-state index in [1.165, 1.54) is 10.4 Å². The second-order valence-electron chi connectivity index (χ2n) is 8.67. The second-order valence-corrected chi connectivity index (χ2v) is 12.0. The minimum absolute atomic E-state index is 0.0806. The van der Waals surface area contributed by atoms with Gasteiger partial charge in [-0.05, 0) is 36.4 Å². The Balaban J connectivity index is 1.44. The Labute approximate surface area is 218 Å². The molecular weight excluding hydrogens is 520 g/mol. The molecule has 0 saturated carbocycles. The van der Waals surface area contributed by atoms with Crippen molar-refractivity contribution in [3.63, 3.8) is 0 Å². The van der Waals surface area contributed by atoms with Gasteiger partial charge in [-0.15, -0.1) is 11.3 Å². The topological polar surface area (TPSA) is 78.0 Å². The van der Waals surface area contributed by atoms with Gasteiger partial charge < -0.3 is 14.2 Å². The predicted octanol–water partition coefficient (Wildman–Crippen LogP) is 5.37. The van der Waals surface area contributed by atoms with E-state index in [-0.39, 0.29) is 35.7 Å². The zero-order valence-electron chi connectivity index (χ0n) is 19.2. The molecule has 2 aliphatic rings. The van der Waals surface area contributed by atoms with E-state index in [1.54, 1.807) is 29.5 Å². The molecule has 0 N–H and O–H groups in total. The van der Waals surface area contributed by atoms with Crippen LogP contribution in [0.2, 0.25) is 5.02 Å². The van der Waals surface area contributed by atoms with Gasteiger partial charge in [0.1, 0.15) is 22.6 Å². The number of nitrogens with zero attached hydrogens (tertiary/aromatic N) is 2. The van der Waals surface area contributed by atoms with Gasteiger partial charge >= 0.3 is 0 Å². The third kappa shape index (κ3) is 4.46. The Morgan fingerprint density at radius 2 is 1.92 bits per heavy atom. The van der Waals surface area contributed by atoms with Gasteiger partial charge in [0, 0.05) is 30.6 Å². The molecule has 0 radical (unpaired) electrons. The largest absolute Gasteiger partial charge is 0.488 e. The van der Waals surface area contributed by atoms with E-state index in [0.29, 0.717) is 30.3 Å². The fraction of sp³-hybridized carbons (Fsp3) is 0.269. The highest BCUT2D eigenvalue weighted by Crippen LogP contribution is 2.42. The fourth-order valence-corrected chi connectivity index (χ4v) is 7.30. The summed E-state index contributed by atoms with van der Waals surface area (Å²) in [7, 11) is -3.84.